The zero-order valence-corrected chi connectivity index (χ0v) is 16.8. The molecule has 1 amide bonds. The molecule has 0 bridgehead atoms. The summed E-state index contributed by atoms with van der Waals surface area (Å²) in [6.45, 7) is -0.520. The molecule has 1 aliphatic heterocycles. The van der Waals surface area contributed by atoms with E-state index in [0.717, 1.165) is 0 Å². The smallest absolute Gasteiger partial charge is 0.362 e. The number of carbonyl (C=O) groups is 1. The highest BCUT2D eigenvalue weighted by Gasteiger charge is 2.37. The molecule has 0 aliphatic carbocycles. The molecule has 13 nitrogen and oxygen atoms in total. The molecule has 0 spiro atoms. The van der Waals surface area contributed by atoms with E-state index >= 15 is 0 Å². The van der Waals surface area contributed by atoms with E-state index in [2.05, 4.69) is 15.0 Å². The van der Waals surface area contributed by atoms with E-state index in [-0.39, 0.29) is 23.5 Å². The topological polar surface area (TPSA) is 198 Å². The molecule has 1 aromatic carbocycles. The second-order valence-corrected chi connectivity index (χ2v) is 8.12. The first-order valence-electron chi connectivity index (χ1n) is 9.07. The van der Waals surface area contributed by atoms with Gasteiger partial charge in [-0.2, -0.15) is 8.42 Å². The molecule has 14 heteroatoms. The molecule has 3 atom stereocenters. The van der Waals surface area contributed by atoms with Crippen LogP contribution in [0.1, 0.15) is 23.0 Å². The van der Waals surface area contributed by atoms with Gasteiger partial charge in [-0.15, -0.1) is 0 Å². The summed E-state index contributed by atoms with van der Waals surface area (Å²) in [7, 11) is -4.47. The van der Waals surface area contributed by atoms with Crippen molar-refractivity contribution in [2.75, 3.05) is 18.1 Å². The van der Waals surface area contributed by atoms with Gasteiger partial charge in [0.1, 0.15) is 24.2 Å². The van der Waals surface area contributed by atoms with Gasteiger partial charge in [-0.25, -0.2) is 19.7 Å². The number of amides is 1. The van der Waals surface area contributed by atoms with E-state index < -0.39 is 41.3 Å². The monoisotopic (exact) mass is 449 g/mol. The van der Waals surface area contributed by atoms with Crippen LogP contribution in [0.5, 0.6) is 0 Å². The van der Waals surface area contributed by atoms with Crippen molar-refractivity contribution in [1.29, 1.82) is 0 Å². The quantitative estimate of drug-likeness (QED) is 0.348. The first-order chi connectivity index (χ1) is 14.7. The number of rotatable bonds is 6. The molecule has 6 N–H and O–H groups in total. The number of benzene rings is 1. The van der Waals surface area contributed by atoms with Crippen molar-refractivity contribution in [1.82, 2.24) is 24.2 Å². The van der Waals surface area contributed by atoms with Gasteiger partial charge in [-0.3, -0.25) is 13.5 Å². The van der Waals surface area contributed by atoms with E-state index in [0.29, 0.717) is 11.2 Å². The summed E-state index contributed by atoms with van der Waals surface area (Å²) >= 11 is 0. The summed E-state index contributed by atoms with van der Waals surface area (Å²) in [5, 5.41) is 10.3. The number of imidazole rings is 1. The van der Waals surface area contributed by atoms with Gasteiger partial charge in [0.15, 0.2) is 11.5 Å². The predicted octanol–water partition coefficient (Wildman–Crippen LogP) is -0.669. The number of nitrogens with zero attached hydrogens (tertiary/aromatic N) is 4. The minimum Gasteiger partial charge on any atom is -0.398 e. The van der Waals surface area contributed by atoms with Gasteiger partial charge in [-0.05, 0) is 12.1 Å². The first-order valence-corrected chi connectivity index (χ1v) is 10.5. The minimum absolute atomic E-state index is 0.0138. The Balaban J connectivity index is 1.40. The molecule has 1 fully saturated rings. The van der Waals surface area contributed by atoms with Crippen molar-refractivity contribution >= 4 is 38.9 Å². The molecular weight excluding hydrogens is 430 g/mol. The van der Waals surface area contributed by atoms with E-state index in [4.69, 9.17) is 20.4 Å². The standard InChI is InChI=1S/C17H19N7O6S/c18-10-4-2-1-3-9(10)17(26)23-31(27,28)29-6-12-11(25)5-13(30-12)24-8-22-14-15(19)20-7-21-16(14)24/h1-4,7-8,11-13,25H,5-6,18H2,(H,23,26)(H2,19,20,21)/t11-,12+,13+/m0/s1. The molecule has 2 aromatic heterocycles. The SMILES string of the molecule is Nc1ccccc1C(=O)NS(=O)(=O)OC[C@H]1O[C@@H](n2cnc3c(N)ncnc32)C[C@@H]1O. The van der Waals surface area contributed by atoms with Crippen LogP contribution in [0, 0.1) is 0 Å². The van der Waals surface area contributed by atoms with Gasteiger partial charge in [0, 0.05) is 12.1 Å². The number of nitrogens with two attached hydrogens (primary N) is 2. The van der Waals surface area contributed by atoms with Crippen LogP contribution < -0.4 is 16.2 Å². The van der Waals surface area contributed by atoms with Crippen molar-refractivity contribution in [3.05, 3.63) is 42.5 Å². The lowest BCUT2D eigenvalue weighted by molar-refractivity contribution is -0.0373. The number of carbonyl (C=O) groups excluding carboxylic acids is 1. The maximum absolute atomic E-state index is 12.1. The van der Waals surface area contributed by atoms with Crippen LogP contribution in [0.25, 0.3) is 11.2 Å². The van der Waals surface area contributed by atoms with Gasteiger partial charge in [0.05, 0.1) is 24.6 Å². The normalized spacial score (nSPS) is 21.4. The Kier molecular flexibility index (Phi) is 5.45. The number of hydrogen-bond donors (Lipinski definition) is 4. The molecule has 1 saturated heterocycles. The largest absolute Gasteiger partial charge is 0.398 e. The summed E-state index contributed by atoms with van der Waals surface area (Å²) in [5.74, 6) is -0.742. The van der Waals surface area contributed by atoms with Crippen LogP contribution in [0.3, 0.4) is 0 Å². The predicted molar refractivity (Wildman–Crippen MR) is 107 cm³/mol. The van der Waals surface area contributed by atoms with Crippen molar-refractivity contribution in [2.45, 2.75) is 24.9 Å². The van der Waals surface area contributed by atoms with Gasteiger partial charge in [0.25, 0.3) is 5.91 Å². The van der Waals surface area contributed by atoms with Crippen molar-refractivity contribution in [3.63, 3.8) is 0 Å². The summed E-state index contributed by atoms with van der Waals surface area (Å²) in [4.78, 5) is 24.2. The van der Waals surface area contributed by atoms with Crippen LogP contribution in [0.15, 0.2) is 36.9 Å². The number of aliphatic hydroxyl groups excluding tert-OH is 1. The minimum atomic E-state index is -4.47. The Morgan fingerprint density at radius 3 is 2.84 bits per heavy atom. The third-order valence-corrected chi connectivity index (χ3v) is 5.59. The zero-order chi connectivity index (χ0) is 22.2. The lowest BCUT2D eigenvalue weighted by Gasteiger charge is -2.16. The Morgan fingerprint density at radius 2 is 2.06 bits per heavy atom. The van der Waals surface area contributed by atoms with Crippen molar-refractivity contribution in [3.8, 4) is 0 Å². The van der Waals surface area contributed by atoms with Crippen LogP contribution >= 0.6 is 0 Å². The second kappa shape index (κ2) is 8.07. The van der Waals surface area contributed by atoms with E-state index in [1.54, 1.807) is 21.4 Å². The van der Waals surface area contributed by atoms with Crippen LogP contribution in [-0.2, 0) is 19.2 Å². The molecule has 0 radical (unpaired) electrons. The Morgan fingerprint density at radius 1 is 1.29 bits per heavy atom. The van der Waals surface area contributed by atoms with E-state index in [1.807, 2.05) is 0 Å². The molecule has 0 unspecified atom stereocenters. The fourth-order valence-corrected chi connectivity index (χ4v) is 3.88. The highest BCUT2D eigenvalue weighted by Crippen LogP contribution is 2.31. The Bertz CT molecular complexity index is 1230. The molecule has 3 heterocycles. The molecule has 164 valence electrons. The number of hydrogen-bond acceptors (Lipinski definition) is 11. The molecule has 3 aromatic rings. The van der Waals surface area contributed by atoms with E-state index in [9.17, 15) is 18.3 Å². The molecule has 4 rings (SSSR count). The number of nitrogens with one attached hydrogen (secondary N) is 1. The highest BCUT2D eigenvalue weighted by molar-refractivity contribution is 7.85. The van der Waals surface area contributed by atoms with Crippen LogP contribution in [-0.4, -0.2) is 57.8 Å². The number of para-hydroxylation sites is 1. The maximum Gasteiger partial charge on any atom is 0.362 e. The summed E-state index contributed by atoms with van der Waals surface area (Å²) in [6.07, 6.45) is 0.168. The Labute approximate surface area is 176 Å². The highest BCUT2D eigenvalue weighted by atomic mass is 32.2. The van der Waals surface area contributed by atoms with Gasteiger partial charge < -0.3 is 21.3 Å². The van der Waals surface area contributed by atoms with Gasteiger partial charge in [-0.1, -0.05) is 12.1 Å². The van der Waals surface area contributed by atoms with Gasteiger partial charge in [0.2, 0.25) is 0 Å². The number of fused-ring (bicyclic) bond motifs is 1. The number of aromatic nitrogens is 4. The Hall–Kier alpha value is -3.33. The van der Waals surface area contributed by atoms with E-state index in [1.165, 1.54) is 24.8 Å². The van der Waals surface area contributed by atoms with Gasteiger partial charge >= 0.3 is 10.3 Å². The average molecular weight is 449 g/mol. The van der Waals surface area contributed by atoms with Crippen LogP contribution in [0.4, 0.5) is 11.5 Å². The average Bonchev–Trinajstić information content (AvgIpc) is 3.30. The number of aliphatic hydroxyl groups is 1. The first kappa shape index (κ1) is 20.9. The third-order valence-electron chi connectivity index (χ3n) is 4.71. The summed E-state index contributed by atoms with van der Waals surface area (Å²) in [6, 6.07) is 5.99. The van der Waals surface area contributed by atoms with Crippen molar-refractivity contribution in [2.24, 2.45) is 0 Å². The fourth-order valence-electron chi connectivity index (χ4n) is 3.18. The van der Waals surface area contributed by atoms with Crippen LogP contribution in [0.2, 0.25) is 0 Å². The molecular formula is C17H19N7O6S. The second-order valence-electron chi connectivity index (χ2n) is 6.77. The summed E-state index contributed by atoms with van der Waals surface area (Å²) < 4.78 is 38.1. The number of nitrogen functional groups attached to an aromatic ring is 2. The van der Waals surface area contributed by atoms with Crippen molar-refractivity contribution < 1.29 is 27.2 Å². The zero-order valence-electron chi connectivity index (χ0n) is 16.0. The molecule has 0 saturated carbocycles. The lowest BCUT2D eigenvalue weighted by atomic mass is 10.2. The fraction of sp³-hybridized carbons (Fsp3) is 0.294. The third kappa shape index (κ3) is 4.27. The number of anilines is 2. The lowest BCUT2D eigenvalue weighted by Crippen LogP contribution is -2.36. The summed E-state index contributed by atoms with van der Waals surface area (Å²) in [5.41, 5.74) is 12.3. The number of ether oxygens (including phenoxy) is 1. The molecule has 1 aliphatic rings. The maximum atomic E-state index is 12.1. The molecule has 31 heavy (non-hydrogen) atoms.